The van der Waals surface area contributed by atoms with Gasteiger partial charge in [-0.15, -0.1) is 11.8 Å². The molecule has 0 N–H and O–H groups in total. The largest absolute Gasteiger partial charge is 0.383 e. The zero-order chi connectivity index (χ0) is 13.6. The first-order valence-corrected chi connectivity index (χ1v) is 7.36. The Balaban J connectivity index is 1.97. The maximum absolute atomic E-state index is 14.3. The Hall–Kier alpha value is -0.870. The minimum atomic E-state index is -0.103. The first-order chi connectivity index (χ1) is 9.07. The molecule has 1 fully saturated rings. The van der Waals surface area contributed by atoms with E-state index in [9.17, 15) is 4.39 Å². The van der Waals surface area contributed by atoms with E-state index in [-0.39, 0.29) is 16.6 Å². The predicted octanol–water partition coefficient (Wildman–Crippen LogP) is 3.75. The monoisotopic (exact) mass is 279 g/mol. The summed E-state index contributed by atoms with van der Waals surface area (Å²) in [4.78, 5) is 4.69. The summed E-state index contributed by atoms with van der Waals surface area (Å²) in [5, 5.41) is 1.04. The van der Waals surface area contributed by atoms with E-state index < -0.39 is 0 Å². The van der Waals surface area contributed by atoms with Crippen molar-refractivity contribution >= 4 is 16.8 Å². The second kappa shape index (κ2) is 4.60. The lowest BCUT2D eigenvalue weighted by Gasteiger charge is -2.26. The Kier molecular flexibility index (Phi) is 3.18. The van der Waals surface area contributed by atoms with Crippen molar-refractivity contribution in [3.05, 3.63) is 35.1 Å². The van der Waals surface area contributed by atoms with Crippen molar-refractivity contribution in [3.8, 4) is 0 Å². The van der Waals surface area contributed by atoms with Crippen LogP contribution in [0.4, 0.5) is 4.39 Å². The number of ether oxygens (including phenoxy) is 1. The molecule has 0 spiro atoms. The number of methoxy groups -OCH3 is 1. The van der Waals surface area contributed by atoms with E-state index in [1.165, 1.54) is 0 Å². The van der Waals surface area contributed by atoms with Gasteiger partial charge in [0.2, 0.25) is 0 Å². The van der Waals surface area contributed by atoms with Gasteiger partial charge in [0.1, 0.15) is 5.82 Å². The molecule has 2 nitrogen and oxygen atoms in total. The third-order valence-corrected chi connectivity index (χ3v) is 5.46. The highest BCUT2D eigenvalue weighted by molar-refractivity contribution is 8.15. The molecule has 19 heavy (non-hydrogen) atoms. The molecule has 1 saturated carbocycles. The van der Waals surface area contributed by atoms with E-state index in [4.69, 9.17) is 4.74 Å². The summed E-state index contributed by atoms with van der Waals surface area (Å²) in [5.74, 6) is 0.298. The maximum atomic E-state index is 14.3. The Morgan fingerprint density at radius 2 is 2.26 bits per heavy atom. The van der Waals surface area contributed by atoms with Crippen LogP contribution in [0.2, 0.25) is 0 Å². The summed E-state index contributed by atoms with van der Waals surface area (Å²) in [6, 6.07) is 5.55. The van der Waals surface area contributed by atoms with Gasteiger partial charge >= 0.3 is 0 Å². The van der Waals surface area contributed by atoms with Crippen molar-refractivity contribution in [1.29, 1.82) is 0 Å². The Labute approximate surface area is 117 Å². The van der Waals surface area contributed by atoms with Gasteiger partial charge in [0.25, 0.3) is 0 Å². The number of thioether (sulfide) groups is 1. The van der Waals surface area contributed by atoms with Crippen LogP contribution in [0.25, 0.3) is 0 Å². The minimum Gasteiger partial charge on any atom is -0.383 e. The quantitative estimate of drug-likeness (QED) is 0.840. The SMILES string of the molecule is COC[C@]12CC1C(c1cccc(C)c1F)N=C(C)S2. The van der Waals surface area contributed by atoms with Crippen LogP contribution in [0.3, 0.4) is 0 Å². The molecule has 0 saturated heterocycles. The number of aryl methyl sites for hydroxylation is 1. The molecule has 2 aliphatic rings. The number of nitrogens with zero attached hydrogens (tertiary/aromatic N) is 1. The van der Waals surface area contributed by atoms with Crippen LogP contribution in [-0.4, -0.2) is 23.5 Å². The zero-order valence-corrected chi connectivity index (χ0v) is 12.3. The smallest absolute Gasteiger partial charge is 0.131 e. The average molecular weight is 279 g/mol. The van der Waals surface area contributed by atoms with Gasteiger partial charge in [0, 0.05) is 18.6 Å². The molecule has 1 aliphatic heterocycles. The van der Waals surface area contributed by atoms with Crippen LogP contribution in [0.15, 0.2) is 23.2 Å². The highest BCUT2D eigenvalue weighted by Crippen LogP contribution is 2.64. The van der Waals surface area contributed by atoms with Gasteiger partial charge in [0.15, 0.2) is 0 Å². The second-order valence-electron chi connectivity index (χ2n) is 5.48. The lowest BCUT2D eigenvalue weighted by molar-refractivity contribution is 0.189. The standard InChI is InChI=1S/C15H18FNOS/c1-9-5-4-6-11(13(9)16)14-12-7-15(12,8-18-3)19-10(2)17-14/h4-6,12,14H,7-8H2,1-3H3/t12?,14?,15-/m1/s1. The molecule has 0 bridgehead atoms. The highest BCUT2D eigenvalue weighted by atomic mass is 32.2. The van der Waals surface area contributed by atoms with E-state index in [0.29, 0.717) is 11.5 Å². The molecule has 2 unspecified atom stereocenters. The molecule has 1 aromatic rings. The van der Waals surface area contributed by atoms with E-state index in [1.807, 2.05) is 32.0 Å². The van der Waals surface area contributed by atoms with Crippen LogP contribution in [0, 0.1) is 18.7 Å². The van der Waals surface area contributed by atoms with Crippen LogP contribution >= 0.6 is 11.8 Å². The molecule has 1 aliphatic carbocycles. The number of hydrogen-bond donors (Lipinski definition) is 0. The molecule has 4 heteroatoms. The number of rotatable bonds is 3. The summed E-state index contributed by atoms with van der Waals surface area (Å²) in [7, 11) is 1.73. The Morgan fingerprint density at radius 3 is 3.00 bits per heavy atom. The Morgan fingerprint density at radius 1 is 1.47 bits per heavy atom. The number of fused-ring (bicyclic) bond motifs is 1. The first-order valence-electron chi connectivity index (χ1n) is 6.55. The molecule has 0 radical (unpaired) electrons. The van der Waals surface area contributed by atoms with E-state index in [0.717, 1.165) is 23.6 Å². The fourth-order valence-corrected chi connectivity index (χ4v) is 4.54. The summed E-state index contributed by atoms with van der Waals surface area (Å²) >= 11 is 1.80. The molecule has 3 atom stereocenters. The second-order valence-corrected chi connectivity index (χ2v) is 7.09. The van der Waals surface area contributed by atoms with Crippen molar-refractivity contribution in [2.24, 2.45) is 10.9 Å². The van der Waals surface area contributed by atoms with Gasteiger partial charge in [0.05, 0.1) is 22.4 Å². The number of benzene rings is 1. The molecular weight excluding hydrogens is 261 g/mol. The number of halogens is 1. The average Bonchev–Trinajstić information content (AvgIpc) is 3.06. The lowest BCUT2D eigenvalue weighted by Crippen LogP contribution is -2.24. The lowest BCUT2D eigenvalue weighted by atomic mass is 9.98. The predicted molar refractivity (Wildman–Crippen MR) is 77.3 cm³/mol. The first kappa shape index (κ1) is 13.1. The molecular formula is C15H18FNOS. The Bertz CT molecular complexity index is 545. The fourth-order valence-electron chi connectivity index (χ4n) is 3.06. The van der Waals surface area contributed by atoms with E-state index in [1.54, 1.807) is 18.9 Å². The van der Waals surface area contributed by atoms with Gasteiger partial charge in [-0.2, -0.15) is 0 Å². The van der Waals surface area contributed by atoms with Crippen molar-refractivity contribution in [3.63, 3.8) is 0 Å². The van der Waals surface area contributed by atoms with E-state index in [2.05, 4.69) is 4.99 Å². The summed E-state index contributed by atoms with van der Waals surface area (Å²) in [6.07, 6.45) is 1.06. The molecule has 102 valence electrons. The van der Waals surface area contributed by atoms with Crippen molar-refractivity contribution in [1.82, 2.24) is 0 Å². The third kappa shape index (κ3) is 2.11. The summed E-state index contributed by atoms with van der Waals surface area (Å²) < 4.78 is 19.8. The van der Waals surface area contributed by atoms with Crippen molar-refractivity contribution in [2.75, 3.05) is 13.7 Å². The molecule has 3 rings (SSSR count). The third-order valence-electron chi connectivity index (χ3n) is 4.06. The van der Waals surface area contributed by atoms with Gasteiger partial charge in [-0.3, -0.25) is 4.99 Å². The number of hydrogen-bond acceptors (Lipinski definition) is 3. The minimum absolute atomic E-state index is 0.0451. The van der Waals surface area contributed by atoms with Crippen molar-refractivity contribution < 1.29 is 9.13 Å². The van der Waals surface area contributed by atoms with Gasteiger partial charge in [-0.1, -0.05) is 18.2 Å². The normalized spacial score (nSPS) is 32.7. The van der Waals surface area contributed by atoms with Crippen LogP contribution in [-0.2, 0) is 4.74 Å². The van der Waals surface area contributed by atoms with Crippen molar-refractivity contribution in [2.45, 2.75) is 31.1 Å². The number of aliphatic imine (C=N–C) groups is 1. The molecule has 1 aromatic carbocycles. The maximum Gasteiger partial charge on any atom is 0.131 e. The van der Waals surface area contributed by atoms with Gasteiger partial charge in [-0.05, 0) is 25.8 Å². The molecule has 1 heterocycles. The van der Waals surface area contributed by atoms with Crippen LogP contribution < -0.4 is 0 Å². The zero-order valence-electron chi connectivity index (χ0n) is 11.4. The molecule has 0 aromatic heterocycles. The summed E-state index contributed by atoms with van der Waals surface area (Å²) in [5.41, 5.74) is 1.43. The topological polar surface area (TPSA) is 21.6 Å². The van der Waals surface area contributed by atoms with Gasteiger partial charge < -0.3 is 4.74 Å². The summed E-state index contributed by atoms with van der Waals surface area (Å²) in [6.45, 7) is 4.54. The van der Waals surface area contributed by atoms with Crippen LogP contribution in [0.1, 0.15) is 30.5 Å². The van der Waals surface area contributed by atoms with Gasteiger partial charge in [-0.25, -0.2) is 4.39 Å². The highest BCUT2D eigenvalue weighted by Gasteiger charge is 2.61. The fraction of sp³-hybridized carbons (Fsp3) is 0.533. The molecule has 0 amide bonds. The van der Waals surface area contributed by atoms with E-state index >= 15 is 0 Å². The van der Waals surface area contributed by atoms with Crippen LogP contribution in [0.5, 0.6) is 0 Å².